The fourth-order valence-corrected chi connectivity index (χ4v) is 4.32. The van der Waals surface area contributed by atoms with Gasteiger partial charge in [-0.3, -0.25) is 9.78 Å². The number of thiocarbonyl (C=S) groups is 1. The van der Waals surface area contributed by atoms with Crippen LogP contribution in [0, 0.1) is 0 Å². The monoisotopic (exact) mass is 419 g/mol. The zero-order valence-corrected chi connectivity index (χ0v) is 18.1. The Morgan fingerprint density at radius 3 is 2.53 bits per heavy atom. The van der Waals surface area contributed by atoms with Crippen LogP contribution in [0.5, 0.6) is 0 Å². The number of carbonyl (C=O) groups excluding carboxylic acids is 1. The number of aromatic nitrogens is 2. The number of amides is 1. The van der Waals surface area contributed by atoms with Crippen LogP contribution < -0.4 is 15.5 Å². The number of rotatable bonds is 5. The number of nitrogens with zero attached hydrogens (tertiary/aromatic N) is 3. The number of nitrogens with one attached hydrogen (secondary N) is 2. The van der Waals surface area contributed by atoms with E-state index in [1.54, 1.807) is 0 Å². The third-order valence-corrected chi connectivity index (χ3v) is 5.55. The Morgan fingerprint density at radius 1 is 1.13 bits per heavy atom. The molecule has 6 nitrogen and oxygen atoms in total. The summed E-state index contributed by atoms with van der Waals surface area (Å²) in [7, 11) is 0. The largest absolute Gasteiger partial charge is 0.351 e. The molecule has 3 aromatic rings. The molecule has 4 rings (SSSR count). The van der Waals surface area contributed by atoms with Crippen molar-refractivity contribution < 1.29 is 4.79 Å². The number of carbonyl (C=O) groups is 1. The quantitative estimate of drug-likeness (QED) is 0.592. The normalized spacial score (nSPS) is 18.5. The van der Waals surface area contributed by atoms with Crippen molar-refractivity contribution in [1.29, 1.82) is 0 Å². The molecule has 30 heavy (non-hydrogen) atoms. The van der Waals surface area contributed by atoms with Gasteiger partial charge in [0, 0.05) is 42.4 Å². The molecule has 1 amide bonds. The van der Waals surface area contributed by atoms with Crippen molar-refractivity contribution in [2.45, 2.75) is 38.9 Å². The highest BCUT2D eigenvalue weighted by atomic mass is 32.1. The first kappa shape index (κ1) is 20.1. The molecule has 1 saturated heterocycles. The van der Waals surface area contributed by atoms with Gasteiger partial charge in [0.15, 0.2) is 5.11 Å². The van der Waals surface area contributed by atoms with Crippen molar-refractivity contribution >= 4 is 34.6 Å². The lowest BCUT2D eigenvalue weighted by Crippen LogP contribution is -2.30. The standard InChI is InChI=1S/C23H25N5OS/c1-15(2)27-14-6-8-20(27)22-21(19-7-4-5-13-24-19)26-23(30)28(22)18-11-9-17(10-12-18)25-16(3)29/h4-15,21-22H,1-3H3,(H,25,29)(H,26,30)/t21-,22-/m1/s1. The Hall–Kier alpha value is -3.19. The van der Waals surface area contributed by atoms with Gasteiger partial charge in [-0.1, -0.05) is 6.07 Å². The van der Waals surface area contributed by atoms with Crippen molar-refractivity contribution in [2.24, 2.45) is 0 Å². The SMILES string of the molecule is CC(=O)Nc1ccc(N2C(=S)N[C@H](c3ccccn3)[C@H]2c2cccn2C(C)C)cc1. The summed E-state index contributed by atoms with van der Waals surface area (Å²) >= 11 is 5.77. The maximum absolute atomic E-state index is 11.4. The van der Waals surface area contributed by atoms with Crippen LogP contribution in [-0.4, -0.2) is 20.6 Å². The van der Waals surface area contributed by atoms with E-state index in [0.717, 1.165) is 17.1 Å². The second kappa shape index (κ2) is 8.28. The van der Waals surface area contributed by atoms with Crippen molar-refractivity contribution in [1.82, 2.24) is 14.9 Å². The van der Waals surface area contributed by atoms with Gasteiger partial charge >= 0.3 is 0 Å². The average Bonchev–Trinajstić information content (AvgIpc) is 3.33. The van der Waals surface area contributed by atoms with Crippen LogP contribution in [0.1, 0.15) is 50.3 Å². The van der Waals surface area contributed by atoms with Crippen LogP contribution in [0.25, 0.3) is 0 Å². The van der Waals surface area contributed by atoms with Gasteiger partial charge in [-0.05, 0) is 74.6 Å². The fourth-order valence-electron chi connectivity index (χ4n) is 3.97. The summed E-state index contributed by atoms with van der Waals surface area (Å²) in [4.78, 5) is 18.1. The number of anilines is 2. The third kappa shape index (κ3) is 3.80. The molecule has 0 bridgehead atoms. The summed E-state index contributed by atoms with van der Waals surface area (Å²) in [5.74, 6) is -0.0936. The van der Waals surface area contributed by atoms with E-state index >= 15 is 0 Å². The topological polar surface area (TPSA) is 62.2 Å². The molecule has 7 heteroatoms. The summed E-state index contributed by atoms with van der Waals surface area (Å²) in [6, 6.07) is 18.1. The van der Waals surface area contributed by atoms with Gasteiger partial charge in [0.1, 0.15) is 6.04 Å². The lowest BCUT2D eigenvalue weighted by molar-refractivity contribution is -0.114. The number of hydrogen-bond acceptors (Lipinski definition) is 3. The summed E-state index contributed by atoms with van der Waals surface area (Å²) in [5, 5.41) is 6.95. The van der Waals surface area contributed by atoms with E-state index in [2.05, 4.69) is 57.3 Å². The van der Waals surface area contributed by atoms with Gasteiger partial charge in [-0.2, -0.15) is 0 Å². The summed E-state index contributed by atoms with van der Waals surface area (Å²) in [6.07, 6.45) is 3.92. The van der Waals surface area contributed by atoms with Gasteiger partial charge in [-0.15, -0.1) is 0 Å². The molecule has 1 fully saturated rings. The van der Waals surface area contributed by atoms with Gasteiger partial charge in [0.05, 0.1) is 11.7 Å². The first-order valence-corrected chi connectivity index (χ1v) is 10.4. The van der Waals surface area contributed by atoms with E-state index in [1.807, 2.05) is 48.7 Å². The molecule has 2 N–H and O–H groups in total. The van der Waals surface area contributed by atoms with E-state index < -0.39 is 0 Å². The molecular formula is C23H25N5OS. The number of benzene rings is 1. The molecular weight excluding hydrogens is 394 g/mol. The molecule has 3 heterocycles. The summed E-state index contributed by atoms with van der Waals surface area (Å²) in [6.45, 7) is 5.85. The van der Waals surface area contributed by atoms with Gasteiger partial charge < -0.3 is 20.1 Å². The zero-order valence-electron chi connectivity index (χ0n) is 17.2. The zero-order chi connectivity index (χ0) is 21.3. The molecule has 0 radical (unpaired) electrons. The van der Waals surface area contributed by atoms with Crippen molar-refractivity contribution in [3.8, 4) is 0 Å². The van der Waals surface area contributed by atoms with Crippen molar-refractivity contribution in [3.63, 3.8) is 0 Å². The molecule has 1 aliphatic heterocycles. The number of pyridine rings is 1. The highest BCUT2D eigenvalue weighted by molar-refractivity contribution is 7.80. The highest BCUT2D eigenvalue weighted by Gasteiger charge is 2.42. The van der Waals surface area contributed by atoms with Crippen LogP contribution in [0.3, 0.4) is 0 Å². The van der Waals surface area contributed by atoms with Crippen LogP contribution in [0.4, 0.5) is 11.4 Å². The minimum Gasteiger partial charge on any atom is -0.351 e. The summed E-state index contributed by atoms with van der Waals surface area (Å²) < 4.78 is 2.27. The van der Waals surface area contributed by atoms with E-state index in [1.165, 1.54) is 12.6 Å². The Labute approximate surface area is 181 Å². The first-order chi connectivity index (χ1) is 14.5. The van der Waals surface area contributed by atoms with E-state index in [-0.39, 0.29) is 18.0 Å². The van der Waals surface area contributed by atoms with E-state index in [0.29, 0.717) is 11.2 Å². The minimum absolute atomic E-state index is 0.0589. The fraction of sp³-hybridized carbons (Fsp3) is 0.261. The Bertz CT molecular complexity index is 1040. The first-order valence-electron chi connectivity index (χ1n) is 10.0. The molecule has 0 unspecified atom stereocenters. The lowest BCUT2D eigenvalue weighted by Gasteiger charge is -2.30. The average molecular weight is 420 g/mol. The number of hydrogen-bond donors (Lipinski definition) is 2. The Balaban J connectivity index is 1.78. The second-order valence-electron chi connectivity index (χ2n) is 7.66. The second-order valence-corrected chi connectivity index (χ2v) is 8.05. The highest BCUT2D eigenvalue weighted by Crippen LogP contribution is 2.42. The van der Waals surface area contributed by atoms with Crippen molar-refractivity contribution in [2.75, 3.05) is 10.2 Å². The van der Waals surface area contributed by atoms with Gasteiger partial charge in [-0.25, -0.2) is 0 Å². The minimum atomic E-state index is -0.0936. The van der Waals surface area contributed by atoms with Crippen LogP contribution in [0.15, 0.2) is 67.0 Å². The van der Waals surface area contributed by atoms with Gasteiger partial charge in [0.25, 0.3) is 0 Å². The predicted octanol–water partition coefficient (Wildman–Crippen LogP) is 4.60. The summed E-state index contributed by atoms with van der Waals surface area (Å²) in [5.41, 5.74) is 3.83. The Kier molecular flexibility index (Phi) is 5.55. The molecule has 154 valence electrons. The van der Waals surface area contributed by atoms with E-state index in [9.17, 15) is 4.79 Å². The van der Waals surface area contributed by atoms with Crippen LogP contribution >= 0.6 is 12.2 Å². The maximum atomic E-state index is 11.4. The molecule has 1 aromatic carbocycles. The molecule has 0 aliphatic carbocycles. The van der Waals surface area contributed by atoms with Gasteiger partial charge in [0.2, 0.25) is 5.91 Å². The molecule has 1 aliphatic rings. The van der Waals surface area contributed by atoms with E-state index in [4.69, 9.17) is 12.2 Å². The third-order valence-electron chi connectivity index (χ3n) is 5.24. The Morgan fingerprint density at radius 2 is 1.90 bits per heavy atom. The molecule has 2 atom stereocenters. The predicted molar refractivity (Wildman–Crippen MR) is 123 cm³/mol. The lowest BCUT2D eigenvalue weighted by atomic mass is 10.0. The molecule has 2 aromatic heterocycles. The molecule has 0 spiro atoms. The smallest absolute Gasteiger partial charge is 0.221 e. The molecule has 0 saturated carbocycles. The van der Waals surface area contributed by atoms with Crippen LogP contribution in [0.2, 0.25) is 0 Å². The maximum Gasteiger partial charge on any atom is 0.221 e. The van der Waals surface area contributed by atoms with Crippen LogP contribution in [-0.2, 0) is 4.79 Å². The van der Waals surface area contributed by atoms with Crippen molar-refractivity contribution in [3.05, 3.63) is 78.4 Å².